The lowest BCUT2D eigenvalue weighted by Gasteiger charge is -2.34. The second-order valence-electron chi connectivity index (χ2n) is 5.48. The third kappa shape index (κ3) is 3.35. The van der Waals surface area contributed by atoms with Crippen molar-refractivity contribution >= 4 is 45.0 Å². The summed E-state index contributed by atoms with van der Waals surface area (Å²) in [5, 5.41) is 8.08. The van der Waals surface area contributed by atoms with Crippen LogP contribution in [0.25, 0.3) is 9.88 Å². The van der Waals surface area contributed by atoms with Gasteiger partial charge >= 0.3 is 0 Å². The van der Waals surface area contributed by atoms with Gasteiger partial charge in [0.1, 0.15) is 5.01 Å². The zero-order valence-electron chi connectivity index (χ0n) is 12.9. The summed E-state index contributed by atoms with van der Waals surface area (Å²) >= 11 is 4.93. The molecule has 24 heavy (non-hydrogen) atoms. The molecule has 0 spiro atoms. The summed E-state index contributed by atoms with van der Waals surface area (Å²) in [6, 6.07) is 4.08. The van der Waals surface area contributed by atoms with Crippen LogP contribution in [0.1, 0.15) is 5.69 Å². The maximum absolute atomic E-state index is 12.5. The van der Waals surface area contributed by atoms with Crippen LogP contribution in [0.5, 0.6) is 0 Å². The highest BCUT2D eigenvalue weighted by Gasteiger charge is 2.23. The predicted octanol–water partition coefficient (Wildman–Crippen LogP) is 3.22. The second kappa shape index (κ2) is 7.00. The highest BCUT2D eigenvalue weighted by Crippen LogP contribution is 2.28. The predicted molar refractivity (Wildman–Crippen MR) is 100 cm³/mol. The first-order valence-electron chi connectivity index (χ1n) is 7.70. The molecule has 0 saturated carbocycles. The zero-order valence-corrected chi connectivity index (χ0v) is 15.4. The molecular formula is C16H16N4OS3. The molecule has 0 aliphatic carbocycles. The first-order valence-corrected chi connectivity index (χ1v) is 10.3. The van der Waals surface area contributed by atoms with Gasteiger partial charge in [-0.1, -0.05) is 6.07 Å². The summed E-state index contributed by atoms with van der Waals surface area (Å²) in [7, 11) is 0. The second-order valence-corrected chi connectivity index (χ2v) is 8.16. The topological polar surface area (TPSA) is 49.3 Å². The van der Waals surface area contributed by atoms with Crippen molar-refractivity contribution in [2.24, 2.45) is 0 Å². The molecule has 3 aromatic heterocycles. The molecule has 124 valence electrons. The van der Waals surface area contributed by atoms with Gasteiger partial charge in [0.2, 0.25) is 5.91 Å². The Morgan fingerprint density at radius 1 is 1.12 bits per heavy atom. The molecule has 5 nitrogen and oxygen atoms in total. The summed E-state index contributed by atoms with van der Waals surface area (Å²) in [4.78, 5) is 26.8. The van der Waals surface area contributed by atoms with Gasteiger partial charge in [-0.15, -0.1) is 34.0 Å². The Morgan fingerprint density at radius 2 is 2.00 bits per heavy atom. The van der Waals surface area contributed by atoms with Crippen LogP contribution in [-0.4, -0.2) is 47.0 Å². The third-order valence-corrected chi connectivity index (χ3v) is 6.70. The van der Waals surface area contributed by atoms with E-state index in [0.717, 1.165) is 46.9 Å². The largest absolute Gasteiger partial charge is 0.345 e. The zero-order chi connectivity index (χ0) is 16.4. The van der Waals surface area contributed by atoms with E-state index in [4.69, 9.17) is 0 Å². The monoisotopic (exact) mass is 376 g/mol. The molecular weight excluding hydrogens is 360 g/mol. The number of thiophene rings is 1. The first-order chi connectivity index (χ1) is 11.8. The van der Waals surface area contributed by atoms with Gasteiger partial charge < -0.3 is 9.80 Å². The molecule has 1 aliphatic heterocycles. The Labute approximate surface area is 152 Å². The fourth-order valence-electron chi connectivity index (χ4n) is 2.69. The van der Waals surface area contributed by atoms with Crippen LogP contribution in [0.15, 0.2) is 34.5 Å². The summed E-state index contributed by atoms with van der Waals surface area (Å²) in [5.74, 6) is 0.164. The number of anilines is 1. The van der Waals surface area contributed by atoms with Crippen LogP contribution in [0, 0.1) is 0 Å². The minimum Gasteiger partial charge on any atom is -0.345 e. The Morgan fingerprint density at radius 3 is 2.71 bits per heavy atom. The molecule has 1 saturated heterocycles. The number of piperazine rings is 1. The minimum absolute atomic E-state index is 0.164. The Kier molecular flexibility index (Phi) is 4.59. The van der Waals surface area contributed by atoms with Crippen LogP contribution in [0.4, 0.5) is 5.13 Å². The maximum Gasteiger partial charge on any atom is 0.228 e. The van der Waals surface area contributed by atoms with Crippen LogP contribution in [-0.2, 0) is 11.2 Å². The lowest BCUT2D eigenvalue weighted by atomic mass is 10.2. The quantitative estimate of drug-likeness (QED) is 0.701. The molecule has 0 radical (unpaired) electrons. The van der Waals surface area contributed by atoms with E-state index in [-0.39, 0.29) is 5.91 Å². The van der Waals surface area contributed by atoms with Gasteiger partial charge in [-0.05, 0) is 11.4 Å². The highest BCUT2D eigenvalue weighted by atomic mass is 32.1. The maximum atomic E-state index is 12.5. The van der Waals surface area contributed by atoms with Gasteiger partial charge in [0.25, 0.3) is 0 Å². The van der Waals surface area contributed by atoms with Gasteiger partial charge in [-0.3, -0.25) is 4.79 Å². The van der Waals surface area contributed by atoms with Crippen molar-refractivity contribution < 1.29 is 4.79 Å². The van der Waals surface area contributed by atoms with Crippen molar-refractivity contribution in [2.75, 3.05) is 31.1 Å². The number of hydrogen-bond acceptors (Lipinski definition) is 7. The number of amides is 1. The summed E-state index contributed by atoms with van der Waals surface area (Å²) < 4.78 is 0. The summed E-state index contributed by atoms with van der Waals surface area (Å²) in [6.45, 7) is 3.19. The number of rotatable bonds is 4. The molecule has 0 aromatic carbocycles. The van der Waals surface area contributed by atoms with Gasteiger partial charge in [0, 0.05) is 43.1 Å². The van der Waals surface area contributed by atoms with E-state index in [1.165, 1.54) is 0 Å². The molecule has 0 N–H and O–H groups in total. The molecule has 1 fully saturated rings. The molecule has 8 heteroatoms. The molecule has 1 aliphatic rings. The number of nitrogens with zero attached hydrogens (tertiary/aromatic N) is 4. The molecule has 4 rings (SSSR count). The fourth-order valence-corrected chi connectivity index (χ4v) is 5.02. The lowest BCUT2D eigenvalue weighted by molar-refractivity contribution is -0.130. The number of hydrogen-bond donors (Lipinski definition) is 0. The van der Waals surface area contributed by atoms with Crippen molar-refractivity contribution in [1.29, 1.82) is 0 Å². The average Bonchev–Trinajstić information content (AvgIpc) is 3.36. The van der Waals surface area contributed by atoms with E-state index in [0.29, 0.717) is 6.42 Å². The first kappa shape index (κ1) is 15.7. The number of carbonyl (C=O) groups excluding carboxylic acids is 1. The Bertz CT molecular complexity index is 789. The standard InChI is InChI=1S/C16H16N4OS3/c21-14(10-12-11-24-15(18-12)13-2-1-8-22-13)19-4-6-20(7-5-19)16-17-3-9-23-16/h1-3,8-9,11H,4-7,10H2. The minimum atomic E-state index is 0.164. The number of carbonyl (C=O) groups is 1. The Balaban J connectivity index is 1.34. The molecule has 3 aromatic rings. The Hall–Kier alpha value is -1.77. The average molecular weight is 377 g/mol. The van der Waals surface area contributed by atoms with Gasteiger partial charge in [0.05, 0.1) is 17.0 Å². The van der Waals surface area contributed by atoms with E-state index in [9.17, 15) is 4.79 Å². The molecule has 4 heterocycles. The van der Waals surface area contributed by atoms with Crippen LogP contribution < -0.4 is 4.90 Å². The van der Waals surface area contributed by atoms with Crippen molar-refractivity contribution in [1.82, 2.24) is 14.9 Å². The van der Waals surface area contributed by atoms with Crippen LogP contribution >= 0.6 is 34.0 Å². The fraction of sp³-hybridized carbons (Fsp3) is 0.312. The van der Waals surface area contributed by atoms with Crippen molar-refractivity contribution in [3.63, 3.8) is 0 Å². The SMILES string of the molecule is O=C(Cc1csc(-c2cccs2)n1)N1CCN(c2nccs2)CC1. The summed E-state index contributed by atoms with van der Waals surface area (Å²) in [5.41, 5.74) is 0.871. The van der Waals surface area contributed by atoms with Gasteiger partial charge in [0.15, 0.2) is 5.13 Å². The summed E-state index contributed by atoms with van der Waals surface area (Å²) in [6.07, 6.45) is 2.21. The molecule has 1 amide bonds. The molecule has 0 bridgehead atoms. The van der Waals surface area contributed by atoms with Gasteiger partial charge in [-0.25, -0.2) is 9.97 Å². The number of aromatic nitrogens is 2. The smallest absolute Gasteiger partial charge is 0.228 e. The van der Waals surface area contributed by atoms with Gasteiger partial charge in [-0.2, -0.15) is 0 Å². The van der Waals surface area contributed by atoms with E-state index in [1.54, 1.807) is 34.0 Å². The van der Waals surface area contributed by atoms with Crippen molar-refractivity contribution in [3.8, 4) is 9.88 Å². The third-order valence-electron chi connectivity index (χ3n) is 3.94. The van der Waals surface area contributed by atoms with E-state index < -0.39 is 0 Å². The van der Waals surface area contributed by atoms with E-state index >= 15 is 0 Å². The molecule has 0 atom stereocenters. The normalized spacial score (nSPS) is 15.0. The number of thiazole rings is 2. The lowest BCUT2D eigenvalue weighted by Crippen LogP contribution is -2.49. The van der Waals surface area contributed by atoms with Crippen molar-refractivity contribution in [2.45, 2.75) is 6.42 Å². The van der Waals surface area contributed by atoms with Crippen molar-refractivity contribution in [3.05, 3.63) is 40.2 Å². The van der Waals surface area contributed by atoms with Crippen LogP contribution in [0.2, 0.25) is 0 Å². The highest BCUT2D eigenvalue weighted by molar-refractivity contribution is 7.20. The molecule has 0 unspecified atom stereocenters. The van der Waals surface area contributed by atoms with E-state index in [2.05, 4.69) is 20.9 Å². The van der Waals surface area contributed by atoms with Crippen LogP contribution in [0.3, 0.4) is 0 Å². The van der Waals surface area contributed by atoms with E-state index in [1.807, 2.05) is 33.3 Å².